The van der Waals surface area contributed by atoms with E-state index in [0.717, 1.165) is 19.3 Å². The summed E-state index contributed by atoms with van der Waals surface area (Å²) in [4.78, 5) is 22.5. The van der Waals surface area contributed by atoms with E-state index in [1.165, 1.54) is 5.57 Å². The molecular formula is C17H30O3Si. The second-order valence-electron chi connectivity index (χ2n) is 7.71. The molecule has 1 N–H and O–H groups in total. The molecule has 0 aliphatic heterocycles. The van der Waals surface area contributed by atoms with E-state index in [1.807, 2.05) is 0 Å². The van der Waals surface area contributed by atoms with Gasteiger partial charge in [0, 0.05) is 6.42 Å². The molecule has 1 saturated carbocycles. The van der Waals surface area contributed by atoms with Crippen LogP contribution >= 0.6 is 0 Å². The molecule has 0 aromatic carbocycles. The van der Waals surface area contributed by atoms with E-state index < -0.39 is 14.0 Å². The summed E-state index contributed by atoms with van der Waals surface area (Å²) in [5.41, 5.74) is 3.75. The Morgan fingerprint density at radius 3 is 2.38 bits per heavy atom. The maximum absolute atomic E-state index is 11.3. The molecule has 0 saturated heterocycles. The molecule has 1 rings (SSSR count). The third-order valence-corrected chi connectivity index (χ3v) is 5.58. The first-order chi connectivity index (χ1) is 9.60. The van der Waals surface area contributed by atoms with E-state index in [9.17, 15) is 14.7 Å². The lowest BCUT2D eigenvalue weighted by Crippen LogP contribution is -2.31. The molecule has 120 valence electrons. The van der Waals surface area contributed by atoms with Gasteiger partial charge in [0.25, 0.3) is 0 Å². The number of carbonyl (C=O) groups excluding carboxylic acids is 1. The first-order valence-corrected chi connectivity index (χ1v) is 11.6. The topological polar surface area (TPSA) is 54.4 Å². The van der Waals surface area contributed by atoms with Crippen molar-refractivity contribution in [3.8, 4) is 0 Å². The van der Waals surface area contributed by atoms with Crippen LogP contribution in [0.2, 0.25) is 19.6 Å². The summed E-state index contributed by atoms with van der Waals surface area (Å²) < 4.78 is 0. The number of hydrogen-bond donors (Lipinski definition) is 1. The smallest absolute Gasteiger partial charge is 0.303 e. The standard InChI is InChI=1S/C17H30O3Si/c1-12-6-8-14(10-17(19)20)16(11-21(3,4)5)15(12)9-7-13(2)18/h11-12,14-15H,6-10H2,1-5H3,(H,19,20)/t12-,14?,15?/m1/s1. The van der Waals surface area contributed by atoms with Crippen LogP contribution in [0.1, 0.15) is 46.0 Å². The number of aliphatic carboxylic acids is 1. The number of rotatable bonds is 6. The molecule has 3 atom stereocenters. The molecule has 0 bridgehead atoms. The molecule has 21 heavy (non-hydrogen) atoms. The van der Waals surface area contributed by atoms with Gasteiger partial charge in [-0.1, -0.05) is 37.8 Å². The Morgan fingerprint density at radius 1 is 1.29 bits per heavy atom. The third-order valence-electron chi connectivity index (χ3n) is 4.39. The lowest BCUT2D eigenvalue weighted by Gasteiger charge is -2.38. The van der Waals surface area contributed by atoms with Crippen molar-refractivity contribution >= 4 is 19.8 Å². The number of Topliss-reactive ketones (excluding diaryl/α,β-unsaturated/α-hetero) is 1. The van der Waals surface area contributed by atoms with Gasteiger partial charge in [-0.05, 0) is 43.9 Å². The van der Waals surface area contributed by atoms with Gasteiger partial charge < -0.3 is 9.90 Å². The largest absolute Gasteiger partial charge is 0.481 e. The van der Waals surface area contributed by atoms with Gasteiger partial charge in [-0.15, -0.1) is 0 Å². The minimum absolute atomic E-state index is 0.169. The molecular weight excluding hydrogens is 280 g/mol. The van der Waals surface area contributed by atoms with E-state index in [1.54, 1.807) is 6.92 Å². The third kappa shape index (κ3) is 6.16. The predicted molar refractivity (Wildman–Crippen MR) is 89.0 cm³/mol. The molecule has 1 aliphatic rings. The molecule has 0 amide bonds. The van der Waals surface area contributed by atoms with Crippen LogP contribution in [0.4, 0.5) is 0 Å². The molecule has 0 radical (unpaired) electrons. The highest BCUT2D eigenvalue weighted by Gasteiger charge is 2.34. The number of ketones is 1. The molecule has 2 unspecified atom stereocenters. The second kappa shape index (κ2) is 7.39. The van der Waals surface area contributed by atoms with Crippen LogP contribution in [-0.4, -0.2) is 24.9 Å². The molecule has 1 fully saturated rings. The Morgan fingerprint density at radius 2 is 1.90 bits per heavy atom. The quantitative estimate of drug-likeness (QED) is 0.744. The molecule has 1 aliphatic carbocycles. The molecule has 4 heteroatoms. The van der Waals surface area contributed by atoms with Crippen molar-refractivity contribution in [2.24, 2.45) is 17.8 Å². The van der Waals surface area contributed by atoms with Gasteiger partial charge >= 0.3 is 5.97 Å². The maximum Gasteiger partial charge on any atom is 0.303 e. The highest BCUT2D eigenvalue weighted by molar-refractivity contribution is 6.81. The number of carbonyl (C=O) groups is 2. The Hall–Kier alpha value is -0.903. The van der Waals surface area contributed by atoms with E-state index in [-0.39, 0.29) is 18.1 Å². The molecule has 0 aromatic rings. The van der Waals surface area contributed by atoms with Gasteiger partial charge in [0.1, 0.15) is 5.78 Å². The summed E-state index contributed by atoms with van der Waals surface area (Å²) in [7, 11) is -1.40. The van der Waals surface area contributed by atoms with Gasteiger partial charge in [0.2, 0.25) is 0 Å². The SMILES string of the molecule is CC(=O)CCC1C(=C[Si](C)(C)C)C(CC(=O)O)CC[C@H]1C. The number of allylic oxidation sites excluding steroid dienone is 1. The highest BCUT2D eigenvalue weighted by Crippen LogP contribution is 2.43. The Balaban J connectivity index is 3.04. The lowest BCUT2D eigenvalue weighted by atomic mass is 9.69. The number of carboxylic acid groups (broad SMARTS) is 1. The lowest BCUT2D eigenvalue weighted by molar-refractivity contribution is -0.138. The number of carboxylic acids is 1. The summed E-state index contributed by atoms with van der Waals surface area (Å²) in [5, 5.41) is 9.18. The monoisotopic (exact) mass is 310 g/mol. The zero-order chi connectivity index (χ0) is 16.2. The van der Waals surface area contributed by atoms with Gasteiger partial charge in [-0.2, -0.15) is 0 Å². The van der Waals surface area contributed by atoms with Gasteiger partial charge in [0.05, 0.1) is 14.5 Å². The Bertz CT molecular complexity index is 420. The zero-order valence-electron chi connectivity index (χ0n) is 14.1. The van der Waals surface area contributed by atoms with Crippen molar-refractivity contribution < 1.29 is 14.7 Å². The van der Waals surface area contributed by atoms with Crippen LogP contribution < -0.4 is 0 Å². The normalized spacial score (nSPS) is 28.6. The second-order valence-corrected chi connectivity index (χ2v) is 12.7. The minimum Gasteiger partial charge on any atom is -0.481 e. The van der Waals surface area contributed by atoms with Crippen LogP contribution in [0.5, 0.6) is 0 Å². The summed E-state index contributed by atoms with van der Waals surface area (Å²) in [5.74, 6) is 0.634. The molecule has 0 aromatic heterocycles. The minimum atomic E-state index is -1.40. The van der Waals surface area contributed by atoms with Crippen LogP contribution in [0.3, 0.4) is 0 Å². The first-order valence-electron chi connectivity index (χ1n) is 8.04. The van der Waals surface area contributed by atoms with Crippen LogP contribution in [0, 0.1) is 17.8 Å². The summed E-state index contributed by atoms with van der Waals surface area (Å²) >= 11 is 0. The fourth-order valence-electron chi connectivity index (χ4n) is 3.43. The average Bonchev–Trinajstić information content (AvgIpc) is 2.29. The van der Waals surface area contributed by atoms with Gasteiger partial charge in [-0.3, -0.25) is 4.79 Å². The number of hydrogen-bond acceptors (Lipinski definition) is 2. The van der Waals surface area contributed by atoms with E-state index in [2.05, 4.69) is 32.3 Å². The fourth-order valence-corrected chi connectivity index (χ4v) is 4.88. The Labute approximate surface area is 129 Å². The van der Waals surface area contributed by atoms with Crippen LogP contribution in [-0.2, 0) is 9.59 Å². The van der Waals surface area contributed by atoms with Crippen molar-refractivity contribution in [2.75, 3.05) is 0 Å². The maximum atomic E-state index is 11.3. The van der Waals surface area contributed by atoms with Crippen molar-refractivity contribution in [2.45, 2.75) is 65.6 Å². The van der Waals surface area contributed by atoms with E-state index in [0.29, 0.717) is 18.3 Å². The van der Waals surface area contributed by atoms with Crippen molar-refractivity contribution in [1.82, 2.24) is 0 Å². The van der Waals surface area contributed by atoms with Gasteiger partial charge in [0.15, 0.2) is 0 Å². The van der Waals surface area contributed by atoms with Crippen LogP contribution in [0.25, 0.3) is 0 Å². The van der Waals surface area contributed by atoms with Gasteiger partial charge in [-0.25, -0.2) is 0 Å². The van der Waals surface area contributed by atoms with E-state index in [4.69, 9.17) is 0 Å². The first kappa shape index (κ1) is 18.1. The summed E-state index contributed by atoms with van der Waals surface area (Å²) in [6, 6.07) is 0. The molecule has 0 spiro atoms. The summed E-state index contributed by atoms with van der Waals surface area (Å²) in [6.07, 6.45) is 3.77. The highest BCUT2D eigenvalue weighted by atomic mass is 28.3. The average molecular weight is 311 g/mol. The van der Waals surface area contributed by atoms with Crippen molar-refractivity contribution in [3.63, 3.8) is 0 Å². The predicted octanol–water partition coefficient (Wildman–Crippen LogP) is 4.30. The van der Waals surface area contributed by atoms with Crippen molar-refractivity contribution in [1.29, 1.82) is 0 Å². The zero-order valence-corrected chi connectivity index (χ0v) is 15.1. The molecule has 3 nitrogen and oxygen atoms in total. The van der Waals surface area contributed by atoms with Crippen molar-refractivity contribution in [3.05, 3.63) is 11.3 Å². The molecule has 0 heterocycles. The van der Waals surface area contributed by atoms with Crippen LogP contribution in [0.15, 0.2) is 11.3 Å². The Kier molecular flexibility index (Phi) is 6.38. The van der Waals surface area contributed by atoms with E-state index >= 15 is 0 Å². The summed E-state index contributed by atoms with van der Waals surface area (Å²) in [6.45, 7) is 10.8. The fraction of sp³-hybridized carbons (Fsp3) is 0.765.